The van der Waals surface area contributed by atoms with Gasteiger partial charge in [-0.2, -0.15) is 0 Å². The number of hydrogen-bond acceptors (Lipinski definition) is 2. The van der Waals surface area contributed by atoms with E-state index in [0.717, 1.165) is 32.1 Å². The van der Waals surface area contributed by atoms with Crippen LogP contribution >= 0.6 is 0 Å². The van der Waals surface area contributed by atoms with Crippen molar-refractivity contribution < 1.29 is 8.78 Å². The van der Waals surface area contributed by atoms with Crippen molar-refractivity contribution in [3.8, 4) is 0 Å². The highest BCUT2D eigenvalue weighted by Crippen LogP contribution is 2.16. The van der Waals surface area contributed by atoms with Crippen molar-refractivity contribution in [3.05, 3.63) is 29.8 Å². The van der Waals surface area contributed by atoms with Crippen LogP contribution in [-0.2, 0) is 0 Å². The first-order chi connectivity index (χ1) is 7.25. The Labute approximate surface area is 87.7 Å². The van der Waals surface area contributed by atoms with Gasteiger partial charge in [-0.1, -0.05) is 0 Å². The van der Waals surface area contributed by atoms with Crippen molar-refractivity contribution in [1.82, 2.24) is 5.32 Å². The summed E-state index contributed by atoms with van der Waals surface area (Å²) in [5.41, 5.74) is 0.378. The maximum absolute atomic E-state index is 13.2. The Morgan fingerprint density at radius 1 is 1.40 bits per heavy atom. The van der Waals surface area contributed by atoms with Gasteiger partial charge < -0.3 is 10.6 Å². The Bertz CT molecular complexity index is 335. The smallest absolute Gasteiger partial charge is 0.149 e. The number of halogens is 2. The first kappa shape index (κ1) is 10.4. The van der Waals surface area contributed by atoms with E-state index < -0.39 is 11.6 Å². The molecule has 2 nitrogen and oxygen atoms in total. The minimum Gasteiger partial charge on any atom is -0.382 e. The third-order valence-corrected chi connectivity index (χ3v) is 2.67. The van der Waals surface area contributed by atoms with Crippen LogP contribution in [0.5, 0.6) is 0 Å². The van der Waals surface area contributed by atoms with E-state index in [-0.39, 0.29) is 0 Å². The maximum atomic E-state index is 13.2. The summed E-state index contributed by atoms with van der Waals surface area (Å²) in [4.78, 5) is 0. The lowest BCUT2D eigenvalue weighted by atomic mass is 10.1. The van der Waals surface area contributed by atoms with Crippen molar-refractivity contribution in [1.29, 1.82) is 0 Å². The first-order valence-corrected chi connectivity index (χ1v) is 5.15. The molecule has 15 heavy (non-hydrogen) atoms. The van der Waals surface area contributed by atoms with Crippen molar-refractivity contribution in [3.63, 3.8) is 0 Å². The van der Waals surface area contributed by atoms with E-state index in [0.29, 0.717) is 11.6 Å². The molecule has 0 aliphatic carbocycles. The molecule has 0 bridgehead atoms. The molecule has 1 aliphatic heterocycles. The summed E-state index contributed by atoms with van der Waals surface area (Å²) in [6.07, 6.45) is 1.11. The molecule has 1 saturated heterocycles. The van der Waals surface area contributed by atoms with Gasteiger partial charge in [0, 0.05) is 12.6 Å². The van der Waals surface area contributed by atoms with Gasteiger partial charge in [0.25, 0.3) is 0 Å². The van der Waals surface area contributed by atoms with E-state index in [2.05, 4.69) is 10.6 Å². The van der Waals surface area contributed by atoms with Crippen LogP contribution in [0.2, 0.25) is 0 Å². The van der Waals surface area contributed by atoms with Crippen LogP contribution in [0.15, 0.2) is 18.2 Å². The maximum Gasteiger partial charge on any atom is 0.149 e. The van der Waals surface area contributed by atoms with Crippen molar-refractivity contribution in [2.75, 3.05) is 25.0 Å². The first-order valence-electron chi connectivity index (χ1n) is 5.15. The summed E-state index contributed by atoms with van der Waals surface area (Å²) >= 11 is 0. The third-order valence-electron chi connectivity index (χ3n) is 2.67. The van der Waals surface area contributed by atoms with Crippen molar-refractivity contribution in [2.45, 2.75) is 6.42 Å². The average molecular weight is 212 g/mol. The van der Waals surface area contributed by atoms with Crippen LogP contribution in [0.25, 0.3) is 0 Å². The molecule has 4 heteroatoms. The molecule has 0 radical (unpaired) electrons. The van der Waals surface area contributed by atoms with E-state index in [1.807, 2.05) is 0 Å². The minimum atomic E-state index is -0.541. The number of benzene rings is 1. The SMILES string of the molecule is Fc1ccc(NCC2CCNC2)c(F)c1. The fourth-order valence-corrected chi connectivity index (χ4v) is 1.78. The molecule has 82 valence electrons. The summed E-state index contributed by atoms with van der Waals surface area (Å²) in [7, 11) is 0. The highest BCUT2D eigenvalue weighted by atomic mass is 19.1. The zero-order valence-electron chi connectivity index (χ0n) is 8.39. The van der Waals surface area contributed by atoms with Gasteiger partial charge in [0.15, 0.2) is 0 Å². The predicted octanol–water partition coefficient (Wildman–Crippen LogP) is 1.99. The molecule has 0 aromatic heterocycles. The van der Waals surface area contributed by atoms with Gasteiger partial charge in [-0.15, -0.1) is 0 Å². The molecular weight excluding hydrogens is 198 g/mol. The monoisotopic (exact) mass is 212 g/mol. The molecule has 0 amide bonds. The van der Waals surface area contributed by atoms with E-state index >= 15 is 0 Å². The summed E-state index contributed by atoms with van der Waals surface area (Å²) in [5, 5.41) is 6.24. The lowest BCUT2D eigenvalue weighted by Crippen LogP contribution is -2.17. The van der Waals surface area contributed by atoms with Crippen LogP contribution in [0, 0.1) is 17.6 Å². The predicted molar refractivity (Wildman–Crippen MR) is 55.8 cm³/mol. The van der Waals surface area contributed by atoms with Crippen molar-refractivity contribution >= 4 is 5.69 Å². The minimum absolute atomic E-state index is 0.378. The molecule has 0 saturated carbocycles. The highest BCUT2D eigenvalue weighted by molar-refractivity contribution is 5.44. The quantitative estimate of drug-likeness (QED) is 0.800. The van der Waals surface area contributed by atoms with Gasteiger partial charge in [-0.25, -0.2) is 8.78 Å². The highest BCUT2D eigenvalue weighted by Gasteiger charge is 2.14. The molecule has 0 spiro atoms. The van der Waals surface area contributed by atoms with Crippen LogP contribution in [-0.4, -0.2) is 19.6 Å². The summed E-state index contributed by atoms with van der Waals surface area (Å²) in [5.74, 6) is -0.531. The van der Waals surface area contributed by atoms with Gasteiger partial charge in [-0.05, 0) is 37.6 Å². The van der Waals surface area contributed by atoms with Crippen LogP contribution in [0.1, 0.15) is 6.42 Å². The molecule has 1 fully saturated rings. The fraction of sp³-hybridized carbons (Fsp3) is 0.455. The second kappa shape index (κ2) is 4.57. The Balaban J connectivity index is 1.92. The van der Waals surface area contributed by atoms with E-state index in [4.69, 9.17) is 0 Å². The van der Waals surface area contributed by atoms with Gasteiger partial charge in [0.1, 0.15) is 11.6 Å². The number of nitrogens with one attached hydrogen (secondary N) is 2. The molecule has 1 atom stereocenters. The zero-order chi connectivity index (χ0) is 10.7. The summed E-state index contributed by atoms with van der Waals surface area (Å²) in [6, 6.07) is 3.60. The topological polar surface area (TPSA) is 24.1 Å². The Hall–Kier alpha value is -1.16. The molecule has 2 rings (SSSR count). The summed E-state index contributed by atoms with van der Waals surface area (Å²) in [6.45, 7) is 2.73. The Morgan fingerprint density at radius 2 is 2.27 bits per heavy atom. The normalized spacial score (nSPS) is 20.5. The zero-order valence-corrected chi connectivity index (χ0v) is 8.39. The van der Waals surface area contributed by atoms with Gasteiger partial charge >= 0.3 is 0 Å². The number of anilines is 1. The van der Waals surface area contributed by atoms with Gasteiger partial charge in [0.05, 0.1) is 5.69 Å². The largest absolute Gasteiger partial charge is 0.382 e. The molecule has 1 unspecified atom stereocenters. The standard InChI is InChI=1S/C11H14F2N2/c12-9-1-2-11(10(13)5-9)15-7-8-3-4-14-6-8/h1-2,5,8,14-15H,3-4,6-7H2. The van der Waals surface area contributed by atoms with Crippen LogP contribution in [0.3, 0.4) is 0 Å². The lowest BCUT2D eigenvalue weighted by Gasteiger charge is -2.11. The number of rotatable bonds is 3. The van der Waals surface area contributed by atoms with E-state index in [9.17, 15) is 8.78 Å². The summed E-state index contributed by atoms with van der Waals surface area (Å²) < 4.78 is 25.8. The number of hydrogen-bond donors (Lipinski definition) is 2. The van der Waals surface area contributed by atoms with Crippen LogP contribution < -0.4 is 10.6 Å². The molecule has 2 N–H and O–H groups in total. The van der Waals surface area contributed by atoms with Crippen molar-refractivity contribution in [2.24, 2.45) is 5.92 Å². The average Bonchev–Trinajstić information content (AvgIpc) is 2.69. The van der Waals surface area contributed by atoms with Gasteiger partial charge in [0.2, 0.25) is 0 Å². The fourth-order valence-electron chi connectivity index (χ4n) is 1.78. The molecular formula is C11H14F2N2. The second-order valence-corrected chi connectivity index (χ2v) is 3.86. The van der Waals surface area contributed by atoms with E-state index in [1.54, 1.807) is 0 Å². The van der Waals surface area contributed by atoms with Gasteiger partial charge in [-0.3, -0.25) is 0 Å². The van der Waals surface area contributed by atoms with E-state index in [1.165, 1.54) is 12.1 Å². The molecule has 1 heterocycles. The Kier molecular flexibility index (Phi) is 3.16. The third kappa shape index (κ3) is 2.65. The Morgan fingerprint density at radius 3 is 2.93 bits per heavy atom. The lowest BCUT2D eigenvalue weighted by molar-refractivity contribution is 0.578. The molecule has 1 aromatic carbocycles. The second-order valence-electron chi connectivity index (χ2n) is 3.86. The molecule has 1 aliphatic rings. The van der Waals surface area contributed by atoms with Crippen LogP contribution in [0.4, 0.5) is 14.5 Å². The molecule has 1 aromatic rings.